The van der Waals surface area contributed by atoms with E-state index in [9.17, 15) is 4.79 Å². The molecule has 1 aromatic carbocycles. The van der Waals surface area contributed by atoms with Crippen LogP contribution in [0, 0.1) is 0 Å². The number of nitrogens with zero attached hydrogens (tertiary/aromatic N) is 2. The van der Waals surface area contributed by atoms with Crippen LogP contribution in [0.4, 0.5) is 5.69 Å². The summed E-state index contributed by atoms with van der Waals surface area (Å²) in [5.74, 6) is 0.725. The van der Waals surface area contributed by atoms with Gasteiger partial charge in [0.2, 0.25) is 6.41 Å². The molecular formula is C14H21N3O2. The summed E-state index contributed by atoms with van der Waals surface area (Å²) in [7, 11) is 1.62. The zero-order valence-corrected chi connectivity index (χ0v) is 11.3. The van der Waals surface area contributed by atoms with Crippen molar-refractivity contribution < 1.29 is 9.53 Å². The summed E-state index contributed by atoms with van der Waals surface area (Å²) >= 11 is 0. The Labute approximate surface area is 113 Å². The molecule has 0 aliphatic carbocycles. The minimum atomic E-state index is 0.686. The third kappa shape index (κ3) is 3.61. The molecule has 1 heterocycles. The van der Waals surface area contributed by atoms with Crippen LogP contribution in [-0.4, -0.2) is 56.0 Å². The molecule has 2 N–H and O–H groups in total. The van der Waals surface area contributed by atoms with Crippen LogP contribution >= 0.6 is 0 Å². The van der Waals surface area contributed by atoms with Crippen molar-refractivity contribution >= 4 is 12.1 Å². The molecular weight excluding hydrogens is 242 g/mol. The highest BCUT2D eigenvalue weighted by Crippen LogP contribution is 2.22. The fourth-order valence-corrected chi connectivity index (χ4v) is 2.32. The van der Waals surface area contributed by atoms with Gasteiger partial charge in [-0.15, -0.1) is 0 Å². The van der Waals surface area contributed by atoms with Crippen molar-refractivity contribution in [2.24, 2.45) is 0 Å². The van der Waals surface area contributed by atoms with Crippen LogP contribution in [0.3, 0.4) is 0 Å². The minimum absolute atomic E-state index is 0.686. The second-order valence-corrected chi connectivity index (χ2v) is 4.81. The van der Waals surface area contributed by atoms with Crippen molar-refractivity contribution in [1.82, 2.24) is 9.80 Å². The predicted molar refractivity (Wildman–Crippen MR) is 75.2 cm³/mol. The molecule has 5 heteroatoms. The summed E-state index contributed by atoms with van der Waals surface area (Å²) in [5.41, 5.74) is 7.80. The second kappa shape index (κ2) is 6.43. The number of hydrogen-bond donors (Lipinski definition) is 1. The quantitative estimate of drug-likeness (QED) is 0.624. The van der Waals surface area contributed by atoms with E-state index in [1.807, 2.05) is 17.0 Å². The van der Waals surface area contributed by atoms with Crippen LogP contribution in [0.15, 0.2) is 18.2 Å². The van der Waals surface area contributed by atoms with E-state index in [1.165, 1.54) is 5.56 Å². The molecule has 1 amide bonds. The topological polar surface area (TPSA) is 58.8 Å². The smallest absolute Gasteiger partial charge is 0.209 e. The van der Waals surface area contributed by atoms with Crippen molar-refractivity contribution in [2.75, 3.05) is 45.6 Å². The molecule has 1 fully saturated rings. The summed E-state index contributed by atoms with van der Waals surface area (Å²) in [5, 5.41) is 0. The summed E-state index contributed by atoms with van der Waals surface area (Å²) in [4.78, 5) is 14.8. The van der Waals surface area contributed by atoms with Gasteiger partial charge < -0.3 is 15.4 Å². The van der Waals surface area contributed by atoms with Gasteiger partial charge in [-0.3, -0.25) is 9.69 Å². The Morgan fingerprint density at radius 1 is 1.32 bits per heavy atom. The number of hydrogen-bond acceptors (Lipinski definition) is 4. The zero-order valence-electron chi connectivity index (χ0n) is 11.3. The van der Waals surface area contributed by atoms with Gasteiger partial charge in [0.15, 0.2) is 0 Å². The molecule has 2 rings (SSSR count). The number of methoxy groups -OCH3 is 1. The van der Waals surface area contributed by atoms with Crippen LogP contribution in [0.25, 0.3) is 0 Å². The van der Waals surface area contributed by atoms with E-state index in [1.54, 1.807) is 7.11 Å². The number of nitrogens with two attached hydrogens (primary N) is 1. The average molecular weight is 263 g/mol. The molecule has 104 valence electrons. The van der Waals surface area contributed by atoms with E-state index in [-0.39, 0.29) is 0 Å². The maximum absolute atomic E-state index is 10.6. The Hall–Kier alpha value is -1.75. The van der Waals surface area contributed by atoms with Gasteiger partial charge in [0.05, 0.1) is 12.8 Å². The molecule has 1 aliphatic heterocycles. The lowest BCUT2D eigenvalue weighted by Crippen LogP contribution is -2.46. The lowest BCUT2D eigenvalue weighted by Gasteiger charge is -2.32. The van der Waals surface area contributed by atoms with Crippen LogP contribution in [-0.2, 0) is 11.2 Å². The average Bonchev–Trinajstić information content (AvgIpc) is 2.46. The number of rotatable bonds is 5. The van der Waals surface area contributed by atoms with Gasteiger partial charge >= 0.3 is 0 Å². The van der Waals surface area contributed by atoms with Crippen LogP contribution in [0.2, 0.25) is 0 Å². The number of ether oxygens (including phenoxy) is 1. The lowest BCUT2D eigenvalue weighted by atomic mass is 10.1. The SMILES string of the molecule is COc1ccc(CCN2CCN(C=O)CC2)cc1N. The summed E-state index contributed by atoms with van der Waals surface area (Å²) < 4.78 is 5.14. The maximum atomic E-state index is 10.6. The number of carbonyl (C=O) groups excluding carboxylic acids is 1. The van der Waals surface area contributed by atoms with Crippen LogP contribution in [0.1, 0.15) is 5.56 Å². The number of carbonyl (C=O) groups is 1. The lowest BCUT2D eigenvalue weighted by molar-refractivity contribution is -0.119. The van der Waals surface area contributed by atoms with Gasteiger partial charge in [0.25, 0.3) is 0 Å². The predicted octanol–water partition coefficient (Wildman–Crippen LogP) is 0.594. The van der Waals surface area contributed by atoms with E-state index in [2.05, 4.69) is 11.0 Å². The molecule has 19 heavy (non-hydrogen) atoms. The van der Waals surface area contributed by atoms with Crippen LogP contribution < -0.4 is 10.5 Å². The largest absolute Gasteiger partial charge is 0.495 e. The van der Waals surface area contributed by atoms with Gasteiger partial charge in [-0.05, 0) is 24.1 Å². The second-order valence-electron chi connectivity index (χ2n) is 4.81. The molecule has 1 saturated heterocycles. The Morgan fingerprint density at radius 3 is 2.63 bits per heavy atom. The first-order valence-corrected chi connectivity index (χ1v) is 6.57. The standard InChI is InChI=1S/C14H21N3O2/c1-19-14-3-2-12(10-13(14)15)4-5-16-6-8-17(11-18)9-7-16/h2-3,10-11H,4-9,15H2,1H3. The molecule has 0 atom stereocenters. The number of nitrogen functional groups attached to an aromatic ring is 1. The molecule has 0 unspecified atom stereocenters. The Balaban J connectivity index is 1.82. The van der Waals surface area contributed by atoms with Gasteiger partial charge in [0, 0.05) is 32.7 Å². The fraction of sp³-hybridized carbons (Fsp3) is 0.500. The van der Waals surface area contributed by atoms with E-state index < -0.39 is 0 Å². The summed E-state index contributed by atoms with van der Waals surface area (Å²) in [6.45, 7) is 4.55. The first kappa shape index (κ1) is 13.7. The highest BCUT2D eigenvalue weighted by atomic mass is 16.5. The first-order chi connectivity index (χ1) is 9.22. The first-order valence-electron chi connectivity index (χ1n) is 6.57. The zero-order chi connectivity index (χ0) is 13.7. The van der Waals surface area contributed by atoms with Crippen LogP contribution in [0.5, 0.6) is 5.75 Å². The number of piperazine rings is 1. The van der Waals surface area contributed by atoms with Crippen molar-refractivity contribution in [3.63, 3.8) is 0 Å². The molecule has 1 aromatic rings. The molecule has 0 bridgehead atoms. The monoisotopic (exact) mass is 263 g/mol. The molecule has 5 nitrogen and oxygen atoms in total. The molecule has 0 saturated carbocycles. The van der Waals surface area contributed by atoms with Crippen molar-refractivity contribution in [1.29, 1.82) is 0 Å². The number of benzene rings is 1. The molecule has 0 spiro atoms. The van der Waals surface area contributed by atoms with Gasteiger partial charge in [-0.25, -0.2) is 0 Å². The van der Waals surface area contributed by atoms with Gasteiger partial charge in [-0.2, -0.15) is 0 Å². The maximum Gasteiger partial charge on any atom is 0.209 e. The highest BCUT2D eigenvalue weighted by molar-refractivity contribution is 5.54. The summed E-state index contributed by atoms with van der Waals surface area (Å²) in [6.07, 6.45) is 1.90. The number of amides is 1. The van der Waals surface area contributed by atoms with E-state index in [0.717, 1.165) is 51.3 Å². The van der Waals surface area contributed by atoms with Gasteiger partial charge in [-0.1, -0.05) is 6.07 Å². The Kier molecular flexibility index (Phi) is 4.63. The third-order valence-corrected chi connectivity index (χ3v) is 3.57. The van der Waals surface area contributed by atoms with E-state index >= 15 is 0 Å². The van der Waals surface area contributed by atoms with Crippen molar-refractivity contribution in [3.8, 4) is 5.75 Å². The normalized spacial score (nSPS) is 16.4. The molecule has 0 radical (unpaired) electrons. The fourth-order valence-electron chi connectivity index (χ4n) is 2.32. The number of anilines is 1. The van der Waals surface area contributed by atoms with E-state index in [4.69, 9.17) is 10.5 Å². The van der Waals surface area contributed by atoms with E-state index in [0.29, 0.717) is 5.69 Å². The molecule has 1 aliphatic rings. The van der Waals surface area contributed by atoms with Crippen molar-refractivity contribution in [2.45, 2.75) is 6.42 Å². The highest BCUT2D eigenvalue weighted by Gasteiger charge is 2.14. The minimum Gasteiger partial charge on any atom is -0.495 e. The summed E-state index contributed by atoms with van der Waals surface area (Å²) in [6, 6.07) is 5.94. The third-order valence-electron chi connectivity index (χ3n) is 3.57. The van der Waals surface area contributed by atoms with Gasteiger partial charge in [0.1, 0.15) is 5.75 Å². The Bertz CT molecular complexity index is 429. The Morgan fingerprint density at radius 2 is 2.05 bits per heavy atom. The van der Waals surface area contributed by atoms with Crippen molar-refractivity contribution in [3.05, 3.63) is 23.8 Å². The molecule has 0 aromatic heterocycles.